The Morgan fingerprint density at radius 1 is 1.35 bits per heavy atom. The van der Waals surface area contributed by atoms with Gasteiger partial charge in [-0.3, -0.25) is 0 Å². The molecular weight excluding hydrogens is 252 g/mol. The molecule has 0 aliphatic heterocycles. The standard InChI is InChI=1S/C15H20N4O/c1-10(2)15-18-9-13(17-7-6-16)14(19-15)11-4-3-5-12(20)8-11/h3-5,8-10,17,20H,6-7,16H2,1-2H3. The minimum atomic E-state index is 0.219. The lowest BCUT2D eigenvalue weighted by atomic mass is 10.1. The van der Waals surface area contributed by atoms with Crippen molar-refractivity contribution in [3.63, 3.8) is 0 Å². The highest BCUT2D eigenvalue weighted by atomic mass is 16.3. The van der Waals surface area contributed by atoms with Gasteiger partial charge in [-0.05, 0) is 12.1 Å². The van der Waals surface area contributed by atoms with Crippen molar-refractivity contribution in [3.05, 3.63) is 36.3 Å². The molecule has 0 bridgehead atoms. The van der Waals surface area contributed by atoms with Crippen LogP contribution in [0.25, 0.3) is 11.3 Å². The van der Waals surface area contributed by atoms with Crippen molar-refractivity contribution in [2.24, 2.45) is 5.73 Å². The Balaban J connectivity index is 2.48. The van der Waals surface area contributed by atoms with Crippen molar-refractivity contribution < 1.29 is 5.11 Å². The van der Waals surface area contributed by atoms with Gasteiger partial charge in [0.15, 0.2) is 0 Å². The molecule has 5 nitrogen and oxygen atoms in total. The Hall–Kier alpha value is -2.14. The molecule has 1 aromatic carbocycles. The van der Waals surface area contributed by atoms with Crippen LogP contribution in [0.3, 0.4) is 0 Å². The van der Waals surface area contributed by atoms with E-state index in [9.17, 15) is 5.11 Å². The number of hydrogen-bond donors (Lipinski definition) is 3. The minimum Gasteiger partial charge on any atom is -0.508 e. The van der Waals surface area contributed by atoms with Crippen molar-refractivity contribution in [2.45, 2.75) is 19.8 Å². The number of anilines is 1. The van der Waals surface area contributed by atoms with Crippen LogP contribution in [-0.2, 0) is 0 Å². The van der Waals surface area contributed by atoms with Crippen molar-refractivity contribution >= 4 is 5.69 Å². The van der Waals surface area contributed by atoms with Gasteiger partial charge < -0.3 is 16.2 Å². The molecule has 0 spiro atoms. The normalized spacial score (nSPS) is 10.8. The minimum absolute atomic E-state index is 0.219. The Morgan fingerprint density at radius 2 is 2.15 bits per heavy atom. The highest BCUT2D eigenvalue weighted by molar-refractivity contribution is 5.74. The molecule has 20 heavy (non-hydrogen) atoms. The third-order valence-corrected chi connectivity index (χ3v) is 2.90. The summed E-state index contributed by atoms with van der Waals surface area (Å²) in [5.41, 5.74) is 7.99. The summed E-state index contributed by atoms with van der Waals surface area (Å²) in [6.07, 6.45) is 1.78. The first-order valence-corrected chi connectivity index (χ1v) is 6.72. The third-order valence-electron chi connectivity index (χ3n) is 2.90. The Morgan fingerprint density at radius 3 is 2.80 bits per heavy atom. The highest BCUT2D eigenvalue weighted by Crippen LogP contribution is 2.28. The molecule has 5 heteroatoms. The molecule has 2 rings (SSSR count). The Labute approximate surface area is 118 Å². The molecule has 4 N–H and O–H groups in total. The Kier molecular flexibility index (Phi) is 4.53. The summed E-state index contributed by atoms with van der Waals surface area (Å²) in [4.78, 5) is 8.97. The summed E-state index contributed by atoms with van der Waals surface area (Å²) < 4.78 is 0. The molecule has 1 heterocycles. The molecule has 1 aromatic heterocycles. The van der Waals surface area contributed by atoms with Gasteiger partial charge in [0.2, 0.25) is 0 Å². The number of nitrogens with one attached hydrogen (secondary N) is 1. The van der Waals surface area contributed by atoms with Crippen molar-refractivity contribution in [1.29, 1.82) is 0 Å². The van der Waals surface area contributed by atoms with Gasteiger partial charge in [0.1, 0.15) is 11.6 Å². The molecule has 0 amide bonds. The van der Waals surface area contributed by atoms with E-state index in [0.29, 0.717) is 13.1 Å². The summed E-state index contributed by atoms with van der Waals surface area (Å²) in [6, 6.07) is 7.05. The molecule has 0 aliphatic carbocycles. The predicted octanol–water partition coefficient (Wildman–Crippen LogP) is 2.34. The van der Waals surface area contributed by atoms with E-state index in [1.807, 2.05) is 6.07 Å². The fourth-order valence-corrected chi connectivity index (χ4v) is 1.88. The van der Waals surface area contributed by atoms with Crippen LogP contribution in [0.4, 0.5) is 5.69 Å². The second-order valence-electron chi connectivity index (χ2n) is 4.91. The van der Waals surface area contributed by atoms with Crippen molar-refractivity contribution in [1.82, 2.24) is 9.97 Å². The quantitative estimate of drug-likeness (QED) is 0.778. The van der Waals surface area contributed by atoms with Gasteiger partial charge in [-0.25, -0.2) is 9.97 Å². The molecule has 0 radical (unpaired) electrons. The molecule has 0 unspecified atom stereocenters. The maximum Gasteiger partial charge on any atom is 0.131 e. The van der Waals surface area contributed by atoms with E-state index >= 15 is 0 Å². The number of phenolic OH excluding ortho intramolecular Hbond substituents is 1. The third kappa shape index (κ3) is 3.24. The van der Waals surface area contributed by atoms with E-state index in [1.165, 1.54) is 0 Å². The number of hydrogen-bond acceptors (Lipinski definition) is 5. The topological polar surface area (TPSA) is 84.1 Å². The van der Waals surface area contributed by atoms with Crippen LogP contribution in [0.5, 0.6) is 5.75 Å². The monoisotopic (exact) mass is 272 g/mol. The molecule has 106 valence electrons. The van der Waals surface area contributed by atoms with E-state index < -0.39 is 0 Å². The summed E-state index contributed by atoms with van der Waals surface area (Å²) in [7, 11) is 0. The van der Waals surface area contributed by atoms with Gasteiger partial charge in [0.25, 0.3) is 0 Å². The van der Waals surface area contributed by atoms with E-state index in [2.05, 4.69) is 29.1 Å². The van der Waals surface area contributed by atoms with Gasteiger partial charge >= 0.3 is 0 Å². The van der Waals surface area contributed by atoms with Gasteiger partial charge in [0, 0.05) is 24.6 Å². The smallest absolute Gasteiger partial charge is 0.131 e. The van der Waals surface area contributed by atoms with E-state index in [1.54, 1.807) is 24.4 Å². The lowest BCUT2D eigenvalue weighted by molar-refractivity contribution is 0.475. The van der Waals surface area contributed by atoms with E-state index in [4.69, 9.17) is 5.73 Å². The van der Waals surface area contributed by atoms with Crippen LogP contribution in [0.2, 0.25) is 0 Å². The predicted molar refractivity (Wildman–Crippen MR) is 80.8 cm³/mol. The Bertz CT molecular complexity index is 584. The summed E-state index contributed by atoms with van der Waals surface area (Å²) in [6.45, 7) is 5.28. The average Bonchev–Trinajstić information content (AvgIpc) is 2.44. The number of nitrogens with zero attached hydrogens (tertiary/aromatic N) is 2. The zero-order chi connectivity index (χ0) is 14.5. The number of aromatic hydroxyl groups is 1. The van der Waals surface area contributed by atoms with Gasteiger partial charge in [-0.15, -0.1) is 0 Å². The number of phenols is 1. The van der Waals surface area contributed by atoms with Crippen LogP contribution >= 0.6 is 0 Å². The number of rotatable bonds is 5. The lowest BCUT2D eigenvalue weighted by Crippen LogP contribution is -2.14. The number of benzene rings is 1. The second-order valence-corrected chi connectivity index (χ2v) is 4.91. The summed E-state index contributed by atoms with van der Waals surface area (Å²) in [5.74, 6) is 1.24. The van der Waals surface area contributed by atoms with Crippen LogP contribution in [0, 0.1) is 0 Å². The zero-order valence-electron chi connectivity index (χ0n) is 11.8. The van der Waals surface area contributed by atoms with Crippen LogP contribution < -0.4 is 11.1 Å². The second kappa shape index (κ2) is 6.34. The summed E-state index contributed by atoms with van der Waals surface area (Å²) in [5, 5.41) is 12.9. The first-order valence-electron chi connectivity index (χ1n) is 6.72. The molecule has 0 saturated heterocycles. The maximum absolute atomic E-state index is 9.64. The molecule has 2 aromatic rings. The first-order chi connectivity index (χ1) is 9.61. The lowest BCUT2D eigenvalue weighted by Gasteiger charge is -2.13. The number of nitrogens with two attached hydrogens (primary N) is 1. The van der Waals surface area contributed by atoms with Crippen LogP contribution in [0.15, 0.2) is 30.5 Å². The van der Waals surface area contributed by atoms with Crippen molar-refractivity contribution in [2.75, 3.05) is 18.4 Å². The maximum atomic E-state index is 9.64. The largest absolute Gasteiger partial charge is 0.508 e. The van der Waals surface area contributed by atoms with Gasteiger partial charge in [-0.1, -0.05) is 26.0 Å². The van der Waals surface area contributed by atoms with E-state index in [0.717, 1.165) is 22.8 Å². The van der Waals surface area contributed by atoms with Gasteiger partial charge in [-0.2, -0.15) is 0 Å². The molecule has 0 atom stereocenters. The summed E-state index contributed by atoms with van der Waals surface area (Å²) >= 11 is 0. The van der Waals surface area contributed by atoms with Crippen molar-refractivity contribution in [3.8, 4) is 17.0 Å². The number of aromatic nitrogens is 2. The van der Waals surface area contributed by atoms with Crippen LogP contribution in [-0.4, -0.2) is 28.2 Å². The SMILES string of the molecule is CC(C)c1ncc(NCCN)c(-c2cccc(O)c2)n1. The molecular formula is C15H20N4O. The van der Waals surface area contributed by atoms with Gasteiger partial charge in [0.05, 0.1) is 17.6 Å². The molecule has 0 fully saturated rings. The molecule has 0 saturated carbocycles. The van der Waals surface area contributed by atoms with E-state index in [-0.39, 0.29) is 11.7 Å². The van der Waals surface area contributed by atoms with Crippen LogP contribution in [0.1, 0.15) is 25.6 Å². The fraction of sp³-hybridized carbons (Fsp3) is 0.333. The zero-order valence-corrected chi connectivity index (χ0v) is 11.8. The molecule has 0 aliphatic rings. The fourth-order valence-electron chi connectivity index (χ4n) is 1.88. The highest BCUT2D eigenvalue weighted by Gasteiger charge is 2.11. The first kappa shape index (κ1) is 14.3. The average molecular weight is 272 g/mol.